The molecule has 0 aliphatic carbocycles. The van der Waals surface area contributed by atoms with Crippen LogP contribution in [0.1, 0.15) is 125 Å². The van der Waals surface area contributed by atoms with Gasteiger partial charge in [-0.1, -0.05) is 111 Å². The Morgan fingerprint density at radius 1 is 0.429 bits per heavy atom. The van der Waals surface area contributed by atoms with Crippen molar-refractivity contribution in [3.63, 3.8) is 0 Å². The van der Waals surface area contributed by atoms with Crippen molar-refractivity contribution < 1.29 is 0 Å². The van der Waals surface area contributed by atoms with Gasteiger partial charge in [0.15, 0.2) is 0 Å². The van der Waals surface area contributed by atoms with Gasteiger partial charge >= 0.3 is 0 Å². The second-order valence-corrected chi connectivity index (χ2v) is 5.23. The van der Waals surface area contributed by atoms with Gasteiger partial charge in [0, 0.05) is 0 Å². The Labute approximate surface area is 137 Å². The molecule has 0 heteroatoms. The van der Waals surface area contributed by atoms with Crippen molar-refractivity contribution in [1.82, 2.24) is 0 Å². The molecular formula is C21H46. The number of allylic oxidation sites excluding steroid dienone is 2. The zero-order chi connectivity index (χ0) is 16.6. The minimum Gasteiger partial charge on any atom is -0.0885 e. The summed E-state index contributed by atoms with van der Waals surface area (Å²) in [6.07, 6.45) is 22.9. The molecule has 0 atom stereocenters. The van der Waals surface area contributed by atoms with Crippen LogP contribution in [0, 0.1) is 0 Å². The zero-order valence-corrected chi connectivity index (χ0v) is 16.3. The molecule has 0 spiro atoms. The molecule has 0 heterocycles. The molecule has 0 aromatic rings. The Hall–Kier alpha value is -0.260. The van der Waals surface area contributed by atoms with E-state index >= 15 is 0 Å². The van der Waals surface area contributed by atoms with E-state index in [0.29, 0.717) is 0 Å². The van der Waals surface area contributed by atoms with Crippen LogP contribution in [-0.4, -0.2) is 0 Å². The van der Waals surface area contributed by atoms with Crippen LogP contribution < -0.4 is 0 Å². The molecule has 0 fully saturated rings. The van der Waals surface area contributed by atoms with Crippen LogP contribution in [0.15, 0.2) is 12.2 Å². The molecule has 0 radical (unpaired) electrons. The minimum absolute atomic E-state index is 1.31. The number of unbranched alkanes of at least 4 members (excludes halogenated alkanes) is 11. The van der Waals surface area contributed by atoms with Gasteiger partial charge in [-0.25, -0.2) is 0 Å². The van der Waals surface area contributed by atoms with E-state index in [1.165, 1.54) is 83.5 Å². The standard InChI is InChI=1S/C17H34.2C2H6/c1-3-5-7-9-11-13-15-17-16-14-12-10-8-6-4-2;2*1-2/h15,17H,3-14,16H2,1-2H3;2*1-2H3/b17-15-;;. The first-order valence-corrected chi connectivity index (χ1v) is 10.1. The van der Waals surface area contributed by atoms with E-state index in [4.69, 9.17) is 0 Å². The fraction of sp³-hybridized carbons (Fsp3) is 0.905. The SMILES string of the molecule is CC.CC.CCCCCCC/C=C\CCCCCCCC. The summed E-state index contributed by atoms with van der Waals surface area (Å²) in [4.78, 5) is 0. The quantitative estimate of drug-likeness (QED) is 0.235. The van der Waals surface area contributed by atoms with Gasteiger partial charge in [-0.05, 0) is 25.7 Å². The van der Waals surface area contributed by atoms with Crippen molar-refractivity contribution in [3.8, 4) is 0 Å². The summed E-state index contributed by atoms with van der Waals surface area (Å²) < 4.78 is 0. The average molecular weight is 299 g/mol. The summed E-state index contributed by atoms with van der Waals surface area (Å²) in [7, 11) is 0. The molecule has 0 aromatic carbocycles. The molecule has 0 bridgehead atoms. The predicted octanol–water partition coefficient (Wildman–Crippen LogP) is 8.71. The first-order valence-electron chi connectivity index (χ1n) is 10.1. The largest absolute Gasteiger partial charge is 0.0885 e. The van der Waals surface area contributed by atoms with Gasteiger partial charge < -0.3 is 0 Å². The fourth-order valence-corrected chi connectivity index (χ4v) is 2.14. The van der Waals surface area contributed by atoms with Gasteiger partial charge in [-0.15, -0.1) is 0 Å². The molecule has 0 rings (SSSR count). The fourth-order valence-electron chi connectivity index (χ4n) is 2.14. The van der Waals surface area contributed by atoms with E-state index in [1.54, 1.807) is 0 Å². The lowest BCUT2D eigenvalue weighted by molar-refractivity contribution is 0.610. The molecule has 21 heavy (non-hydrogen) atoms. The second kappa shape index (κ2) is 31.9. The van der Waals surface area contributed by atoms with Crippen LogP contribution in [0.5, 0.6) is 0 Å². The summed E-state index contributed by atoms with van der Waals surface area (Å²) in [5.74, 6) is 0. The molecule has 0 amide bonds. The Bertz CT molecular complexity index is 146. The first-order chi connectivity index (χ1) is 10.4. The number of rotatable bonds is 13. The third-order valence-corrected chi connectivity index (χ3v) is 3.37. The highest BCUT2D eigenvalue weighted by molar-refractivity contribution is 4.81. The normalized spacial score (nSPS) is 9.81. The zero-order valence-electron chi connectivity index (χ0n) is 16.3. The van der Waals surface area contributed by atoms with E-state index in [1.807, 2.05) is 27.7 Å². The van der Waals surface area contributed by atoms with Crippen LogP contribution >= 0.6 is 0 Å². The van der Waals surface area contributed by atoms with Crippen LogP contribution in [-0.2, 0) is 0 Å². The van der Waals surface area contributed by atoms with Gasteiger partial charge in [0.2, 0.25) is 0 Å². The highest BCUT2D eigenvalue weighted by Gasteiger charge is 1.89. The molecule has 0 unspecified atom stereocenters. The van der Waals surface area contributed by atoms with Crippen LogP contribution in [0.25, 0.3) is 0 Å². The first kappa shape index (κ1) is 25.7. The molecule has 0 aliphatic heterocycles. The molecule has 0 aliphatic rings. The van der Waals surface area contributed by atoms with Crippen LogP contribution in [0.4, 0.5) is 0 Å². The Kier molecular flexibility index (Phi) is 39.0. The van der Waals surface area contributed by atoms with Crippen molar-refractivity contribution in [2.24, 2.45) is 0 Å². The van der Waals surface area contributed by atoms with Crippen LogP contribution in [0.2, 0.25) is 0 Å². The third-order valence-electron chi connectivity index (χ3n) is 3.37. The summed E-state index contributed by atoms with van der Waals surface area (Å²) in [5, 5.41) is 0. The third kappa shape index (κ3) is 32.9. The maximum absolute atomic E-state index is 2.40. The predicted molar refractivity (Wildman–Crippen MR) is 103 cm³/mol. The molecule has 0 aromatic heterocycles. The topological polar surface area (TPSA) is 0 Å². The lowest BCUT2D eigenvalue weighted by Crippen LogP contribution is -1.78. The Morgan fingerprint density at radius 2 is 0.714 bits per heavy atom. The van der Waals surface area contributed by atoms with Crippen LogP contribution in [0.3, 0.4) is 0 Å². The monoisotopic (exact) mass is 298 g/mol. The van der Waals surface area contributed by atoms with Gasteiger partial charge in [0.05, 0.1) is 0 Å². The minimum atomic E-state index is 1.31. The highest BCUT2D eigenvalue weighted by Crippen LogP contribution is 2.08. The van der Waals surface area contributed by atoms with Crippen molar-refractivity contribution in [1.29, 1.82) is 0 Å². The summed E-state index contributed by atoms with van der Waals surface area (Å²) >= 11 is 0. The lowest BCUT2D eigenvalue weighted by Gasteiger charge is -1.98. The van der Waals surface area contributed by atoms with Crippen molar-refractivity contribution in [3.05, 3.63) is 12.2 Å². The van der Waals surface area contributed by atoms with Crippen molar-refractivity contribution >= 4 is 0 Å². The van der Waals surface area contributed by atoms with Gasteiger partial charge in [0.25, 0.3) is 0 Å². The van der Waals surface area contributed by atoms with E-state index in [-0.39, 0.29) is 0 Å². The lowest BCUT2D eigenvalue weighted by atomic mass is 10.1. The Morgan fingerprint density at radius 3 is 1.05 bits per heavy atom. The molecular weight excluding hydrogens is 252 g/mol. The maximum Gasteiger partial charge on any atom is -0.0351 e. The summed E-state index contributed by atoms with van der Waals surface area (Å²) in [6.45, 7) is 12.6. The summed E-state index contributed by atoms with van der Waals surface area (Å²) in [6, 6.07) is 0. The van der Waals surface area contributed by atoms with Crippen molar-refractivity contribution in [2.45, 2.75) is 125 Å². The maximum atomic E-state index is 2.40. The van der Waals surface area contributed by atoms with E-state index in [9.17, 15) is 0 Å². The van der Waals surface area contributed by atoms with Crippen molar-refractivity contribution in [2.75, 3.05) is 0 Å². The smallest absolute Gasteiger partial charge is 0.0351 e. The molecule has 130 valence electrons. The molecule has 0 N–H and O–H groups in total. The number of hydrogen-bond acceptors (Lipinski definition) is 0. The summed E-state index contributed by atoms with van der Waals surface area (Å²) in [5.41, 5.74) is 0. The van der Waals surface area contributed by atoms with E-state index in [0.717, 1.165) is 0 Å². The van der Waals surface area contributed by atoms with Gasteiger partial charge in [0.1, 0.15) is 0 Å². The van der Waals surface area contributed by atoms with E-state index in [2.05, 4.69) is 26.0 Å². The Balaban J connectivity index is -0.000000739. The average Bonchev–Trinajstić information content (AvgIpc) is 2.56. The molecule has 0 saturated heterocycles. The second-order valence-electron chi connectivity index (χ2n) is 5.23. The molecule has 0 nitrogen and oxygen atoms in total. The molecule has 0 saturated carbocycles. The highest BCUT2D eigenvalue weighted by atomic mass is 14.0. The van der Waals surface area contributed by atoms with Gasteiger partial charge in [-0.2, -0.15) is 0 Å². The van der Waals surface area contributed by atoms with Gasteiger partial charge in [-0.3, -0.25) is 0 Å². The number of hydrogen-bond donors (Lipinski definition) is 0. The van der Waals surface area contributed by atoms with E-state index < -0.39 is 0 Å².